The normalized spacial score (nSPS) is 11.6. The monoisotopic (exact) mass is 286 g/mol. The first-order valence-electron chi connectivity index (χ1n) is 5.80. The zero-order chi connectivity index (χ0) is 14.5. The quantitative estimate of drug-likeness (QED) is 0.719. The minimum absolute atomic E-state index is 0.0183. The van der Waals surface area contributed by atoms with E-state index in [9.17, 15) is 13.2 Å². The largest absolute Gasteiger partial charge is 0.355 e. The van der Waals surface area contributed by atoms with Crippen LogP contribution in [0.25, 0.3) is 0 Å². The lowest BCUT2D eigenvalue weighted by Gasteiger charge is -2.17. The molecule has 19 heavy (non-hydrogen) atoms. The van der Waals surface area contributed by atoms with Gasteiger partial charge in [-0.1, -0.05) is 0 Å². The molecule has 0 aliphatic carbocycles. The van der Waals surface area contributed by atoms with Crippen molar-refractivity contribution in [2.45, 2.75) is 18.4 Å². The first-order valence-corrected chi connectivity index (χ1v) is 7.24. The van der Waals surface area contributed by atoms with Crippen molar-refractivity contribution in [3.05, 3.63) is 24.0 Å². The molecule has 1 aromatic rings. The van der Waals surface area contributed by atoms with Crippen LogP contribution in [0.1, 0.15) is 12.6 Å². The molecule has 0 saturated heterocycles. The third-order valence-electron chi connectivity index (χ3n) is 2.47. The van der Waals surface area contributed by atoms with Crippen molar-refractivity contribution < 1.29 is 13.2 Å². The molecule has 0 unspecified atom stereocenters. The Kier molecular flexibility index (Phi) is 5.40. The number of nitrogens with two attached hydrogens (primary N) is 1. The van der Waals surface area contributed by atoms with Crippen LogP contribution in [-0.2, 0) is 21.4 Å². The molecule has 0 atom stereocenters. The summed E-state index contributed by atoms with van der Waals surface area (Å²) in [6.07, 6.45) is 1.48. The highest BCUT2D eigenvalue weighted by Crippen LogP contribution is 2.16. The minimum atomic E-state index is -3.77. The van der Waals surface area contributed by atoms with E-state index in [1.807, 2.05) is 0 Å². The van der Waals surface area contributed by atoms with Crippen molar-refractivity contribution in [3.63, 3.8) is 0 Å². The SMILES string of the molecule is CCNC(=O)CN(C)S(=O)(=O)c1cccnc1CN. The molecule has 0 aliphatic heterocycles. The van der Waals surface area contributed by atoms with Crippen LogP contribution in [0.5, 0.6) is 0 Å². The fourth-order valence-electron chi connectivity index (χ4n) is 1.52. The maximum absolute atomic E-state index is 12.3. The molecule has 0 radical (unpaired) electrons. The summed E-state index contributed by atoms with van der Waals surface area (Å²) in [7, 11) is -2.42. The molecule has 0 fully saturated rings. The number of nitrogens with zero attached hydrogens (tertiary/aromatic N) is 2. The minimum Gasteiger partial charge on any atom is -0.355 e. The first kappa shape index (κ1) is 15.5. The van der Waals surface area contributed by atoms with E-state index in [0.717, 1.165) is 4.31 Å². The third-order valence-corrected chi connectivity index (χ3v) is 4.35. The fourth-order valence-corrected chi connectivity index (χ4v) is 2.83. The van der Waals surface area contributed by atoms with Crippen LogP contribution < -0.4 is 11.1 Å². The zero-order valence-corrected chi connectivity index (χ0v) is 11.8. The summed E-state index contributed by atoms with van der Waals surface area (Å²) in [6, 6.07) is 2.95. The molecule has 0 aromatic carbocycles. The summed E-state index contributed by atoms with van der Waals surface area (Å²) in [5.74, 6) is -0.355. The van der Waals surface area contributed by atoms with Gasteiger partial charge < -0.3 is 11.1 Å². The Hall–Kier alpha value is -1.51. The van der Waals surface area contributed by atoms with Gasteiger partial charge in [-0.25, -0.2) is 8.42 Å². The maximum Gasteiger partial charge on any atom is 0.245 e. The summed E-state index contributed by atoms with van der Waals surface area (Å²) in [5, 5.41) is 2.54. The molecule has 106 valence electrons. The number of hydrogen-bond acceptors (Lipinski definition) is 5. The van der Waals surface area contributed by atoms with Gasteiger partial charge in [-0.3, -0.25) is 9.78 Å². The average Bonchev–Trinajstić information content (AvgIpc) is 2.38. The Morgan fingerprint density at radius 2 is 2.21 bits per heavy atom. The highest BCUT2D eigenvalue weighted by atomic mass is 32.2. The van der Waals surface area contributed by atoms with Crippen molar-refractivity contribution in [1.82, 2.24) is 14.6 Å². The van der Waals surface area contributed by atoms with Crippen LogP contribution in [0.2, 0.25) is 0 Å². The van der Waals surface area contributed by atoms with Crippen LogP contribution in [0.3, 0.4) is 0 Å². The fraction of sp³-hybridized carbons (Fsp3) is 0.455. The van der Waals surface area contributed by atoms with Crippen molar-refractivity contribution in [2.24, 2.45) is 5.73 Å². The lowest BCUT2D eigenvalue weighted by atomic mass is 10.3. The predicted molar refractivity (Wildman–Crippen MR) is 70.6 cm³/mol. The highest BCUT2D eigenvalue weighted by molar-refractivity contribution is 7.89. The van der Waals surface area contributed by atoms with Gasteiger partial charge in [0.05, 0.1) is 12.2 Å². The smallest absolute Gasteiger partial charge is 0.245 e. The molecule has 1 rings (SSSR count). The number of likely N-dealkylation sites (N-methyl/N-ethyl adjacent to an activating group) is 2. The van der Waals surface area contributed by atoms with E-state index >= 15 is 0 Å². The molecule has 0 bridgehead atoms. The van der Waals surface area contributed by atoms with Crippen LogP contribution in [-0.4, -0.2) is 43.8 Å². The van der Waals surface area contributed by atoms with Gasteiger partial charge in [0, 0.05) is 26.3 Å². The number of pyridine rings is 1. The van der Waals surface area contributed by atoms with Gasteiger partial charge in [0.2, 0.25) is 15.9 Å². The van der Waals surface area contributed by atoms with Crippen molar-refractivity contribution in [3.8, 4) is 0 Å². The summed E-state index contributed by atoms with van der Waals surface area (Å²) in [5.41, 5.74) is 5.75. The molecule has 0 saturated carbocycles. The molecule has 1 amide bonds. The molecule has 0 spiro atoms. The van der Waals surface area contributed by atoms with Crippen LogP contribution in [0.15, 0.2) is 23.2 Å². The van der Waals surface area contributed by atoms with E-state index in [4.69, 9.17) is 5.73 Å². The Morgan fingerprint density at radius 1 is 1.53 bits per heavy atom. The van der Waals surface area contributed by atoms with E-state index in [0.29, 0.717) is 6.54 Å². The molecule has 7 nitrogen and oxygen atoms in total. The molecular weight excluding hydrogens is 268 g/mol. The number of nitrogens with one attached hydrogen (secondary N) is 1. The van der Waals surface area contributed by atoms with Gasteiger partial charge in [-0.05, 0) is 19.1 Å². The van der Waals surface area contributed by atoms with Crippen LogP contribution in [0.4, 0.5) is 0 Å². The highest BCUT2D eigenvalue weighted by Gasteiger charge is 2.25. The predicted octanol–water partition coefficient (Wildman–Crippen LogP) is -0.703. The Balaban J connectivity index is 3.00. The molecular formula is C11H18N4O3S. The third kappa shape index (κ3) is 3.72. The van der Waals surface area contributed by atoms with Gasteiger partial charge in [0.1, 0.15) is 4.90 Å². The molecule has 3 N–H and O–H groups in total. The van der Waals surface area contributed by atoms with Gasteiger partial charge in [-0.2, -0.15) is 4.31 Å². The lowest BCUT2D eigenvalue weighted by molar-refractivity contribution is -0.121. The van der Waals surface area contributed by atoms with Gasteiger partial charge in [0.25, 0.3) is 0 Å². The van der Waals surface area contributed by atoms with E-state index in [1.165, 1.54) is 25.4 Å². The molecule has 0 aliphatic rings. The number of rotatable bonds is 6. The Bertz CT molecular complexity index is 545. The van der Waals surface area contributed by atoms with Crippen molar-refractivity contribution in [1.29, 1.82) is 0 Å². The maximum atomic E-state index is 12.3. The summed E-state index contributed by atoms with van der Waals surface area (Å²) in [6.45, 7) is 1.99. The zero-order valence-electron chi connectivity index (χ0n) is 11.0. The van der Waals surface area contributed by atoms with E-state index < -0.39 is 10.0 Å². The van der Waals surface area contributed by atoms with Crippen LogP contribution >= 0.6 is 0 Å². The number of aromatic nitrogens is 1. The van der Waals surface area contributed by atoms with Gasteiger partial charge >= 0.3 is 0 Å². The standard InChI is InChI=1S/C11H18N4O3S/c1-3-13-11(16)8-15(2)19(17,18)10-5-4-6-14-9(10)7-12/h4-6H,3,7-8,12H2,1-2H3,(H,13,16). The number of sulfonamides is 1. The number of carbonyl (C=O) groups excluding carboxylic acids is 1. The molecule has 8 heteroatoms. The lowest BCUT2D eigenvalue weighted by Crippen LogP contribution is -2.38. The molecule has 1 aromatic heterocycles. The number of carbonyl (C=O) groups is 1. The average molecular weight is 286 g/mol. The van der Waals surface area contributed by atoms with Crippen molar-refractivity contribution in [2.75, 3.05) is 20.1 Å². The van der Waals surface area contributed by atoms with E-state index in [-0.39, 0.29) is 29.6 Å². The number of amides is 1. The topological polar surface area (TPSA) is 105 Å². The van der Waals surface area contributed by atoms with Crippen molar-refractivity contribution >= 4 is 15.9 Å². The van der Waals surface area contributed by atoms with E-state index in [2.05, 4.69) is 10.3 Å². The summed E-state index contributed by atoms with van der Waals surface area (Å²) in [4.78, 5) is 15.4. The second-order valence-electron chi connectivity index (χ2n) is 3.87. The summed E-state index contributed by atoms with van der Waals surface area (Å²) >= 11 is 0. The molecule has 1 heterocycles. The van der Waals surface area contributed by atoms with Gasteiger partial charge in [0.15, 0.2) is 0 Å². The van der Waals surface area contributed by atoms with Crippen LogP contribution in [0, 0.1) is 0 Å². The van der Waals surface area contributed by atoms with Gasteiger partial charge in [-0.15, -0.1) is 0 Å². The Labute approximate surface area is 112 Å². The Morgan fingerprint density at radius 3 is 2.79 bits per heavy atom. The summed E-state index contributed by atoms with van der Waals surface area (Å²) < 4.78 is 25.6. The van der Waals surface area contributed by atoms with E-state index in [1.54, 1.807) is 6.92 Å². The second kappa shape index (κ2) is 6.60. The second-order valence-corrected chi connectivity index (χ2v) is 5.88. The first-order chi connectivity index (χ1) is 8.93. The number of hydrogen-bond donors (Lipinski definition) is 2.